The molecule has 0 bridgehead atoms. The molecule has 0 aliphatic carbocycles. The number of hydrogen-bond acceptors (Lipinski definition) is 6. The van der Waals surface area contributed by atoms with Crippen LogP contribution in [0.5, 0.6) is 5.75 Å². The Morgan fingerprint density at radius 3 is 2.79 bits per heavy atom. The van der Waals surface area contributed by atoms with E-state index < -0.39 is 10.0 Å². The molecule has 1 N–H and O–H groups in total. The van der Waals surface area contributed by atoms with Crippen molar-refractivity contribution >= 4 is 10.0 Å². The molecule has 0 atom stereocenters. The Morgan fingerprint density at radius 2 is 2.07 bits per heavy atom. The lowest BCUT2D eigenvalue weighted by molar-refractivity contribution is 0.0730. The Hall–Kier alpha value is -1.94. The predicted octanol–water partition coefficient (Wildman–Crippen LogP) is 1.49. The molecule has 154 valence electrons. The summed E-state index contributed by atoms with van der Waals surface area (Å²) in [6.07, 6.45) is 4.30. The molecule has 2 aromatic rings. The summed E-state index contributed by atoms with van der Waals surface area (Å²) in [6.45, 7) is 4.44. The maximum atomic E-state index is 12.6. The third-order valence-electron chi connectivity index (χ3n) is 4.62. The Balaban J connectivity index is 1.74. The molecule has 2 heterocycles. The summed E-state index contributed by atoms with van der Waals surface area (Å²) >= 11 is 0. The highest BCUT2D eigenvalue weighted by Crippen LogP contribution is 2.26. The molecule has 1 fully saturated rings. The first-order chi connectivity index (χ1) is 13.5. The lowest BCUT2D eigenvalue weighted by atomic mass is 10.1. The zero-order valence-corrected chi connectivity index (χ0v) is 16.9. The molecule has 1 saturated heterocycles. The molecular formula is C19H27N3O5S. The minimum atomic E-state index is -3.34. The van der Waals surface area contributed by atoms with E-state index >= 15 is 0 Å². The SMILES string of the molecule is CCCOc1ccc(-c2nccn2CCS(=O)(=O)N2CCOCC2)cc1CO. The fourth-order valence-electron chi connectivity index (χ4n) is 3.11. The average molecular weight is 410 g/mol. The molecule has 8 nitrogen and oxygen atoms in total. The molecule has 0 unspecified atom stereocenters. The van der Waals surface area contributed by atoms with Crippen LogP contribution in [0.3, 0.4) is 0 Å². The Kier molecular flexibility index (Phi) is 7.06. The summed E-state index contributed by atoms with van der Waals surface area (Å²) in [5.41, 5.74) is 1.49. The molecule has 3 rings (SSSR count). The van der Waals surface area contributed by atoms with E-state index in [0.29, 0.717) is 56.6 Å². The first-order valence-corrected chi connectivity index (χ1v) is 11.1. The standard InChI is InChI=1S/C19H27N3O5S/c1-2-10-27-18-4-3-16(14-17(18)15-23)19-20-5-6-21(19)9-13-28(24,25)22-7-11-26-12-8-22/h3-6,14,23H,2,7-13,15H2,1H3. The number of aromatic nitrogens is 2. The summed E-state index contributed by atoms with van der Waals surface area (Å²) in [5, 5.41) is 9.66. The van der Waals surface area contributed by atoms with Crippen LogP contribution in [-0.2, 0) is 27.9 Å². The van der Waals surface area contributed by atoms with Crippen LogP contribution < -0.4 is 4.74 Å². The van der Waals surface area contributed by atoms with E-state index in [4.69, 9.17) is 9.47 Å². The van der Waals surface area contributed by atoms with E-state index in [0.717, 1.165) is 12.0 Å². The minimum absolute atomic E-state index is 0.000905. The van der Waals surface area contributed by atoms with Gasteiger partial charge in [0.05, 0.1) is 32.2 Å². The zero-order chi connectivity index (χ0) is 20.0. The van der Waals surface area contributed by atoms with Crippen molar-refractivity contribution in [3.05, 3.63) is 36.2 Å². The first kappa shape index (κ1) is 20.8. The van der Waals surface area contributed by atoms with Gasteiger partial charge in [-0.3, -0.25) is 0 Å². The number of imidazole rings is 1. The van der Waals surface area contributed by atoms with Crippen LogP contribution in [0.1, 0.15) is 18.9 Å². The molecule has 1 aromatic carbocycles. The monoisotopic (exact) mass is 409 g/mol. The second-order valence-corrected chi connectivity index (χ2v) is 8.69. The van der Waals surface area contributed by atoms with Crippen molar-refractivity contribution in [1.82, 2.24) is 13.9 Å². The number of aliphatic hydroxyl groups is 1. The van der Waals surface area contributed by atoms with Crippen LogP contribution in [0.4, 0.5) is 0 Å². The lowest BCUT2D eigenvalue weighted by Crippen LogP contribution is -2.42. The molecular weight excluding hydrogens is 382 g/mol. The quantitative estimate of drug-likeness (QED) is 0.674. The van der Waals surface area contributed by atoms with Gasteiger partial charge in [0.25, 0.3) is 0 Å². The van der Waals surface area contributed by atoms with E-state index in [1.54, 1.807) is 12.4 Å². The van der Waals surface area contributed by atoms with E-state index in [9.17, 15) is 13.5 Å². The Labute approximate surface area is 165 Å². The van der Waals surface area contributed by atoms with Gasteiger partial charge in [0.1, 0.15) is 11.6 Å². The second-order valence-electron chi connectivity index (χ2n) is 6.60. The van der Waals surface area contributed by atoms with E-state index in [2.05, 4.69) is 4.98 Å². The van der Waals surface area contributed by atoms with Crippen LogP contribution in [0.15, 0.2) is 30.6 Å². The van der Waals surface area contributed by atoms with Crippen LogP contribution >= 0.6 is 0 Å². The van der Waals surface area contributed by atoms with Crippen molar-refractivity contribution in [3.63, 3.8) is 0 Å². The van der Waals surface area contributed by atoms with Crippen LogP contribution in [-0.4, -0.2) is 66.0 Å². The third-order valence-corrected chi connectivity index (χ3v) is 6.47. The van der Waals surface area contributed by atoms with Gasteiger partial charge in [0.2, 0.25) is 10.0 Å². The fourth-order valence-corrected chi connectivity index (χ4v) is 4.50. The number of aliphatic hydroxyl groups excluding tert-OH is 1. The molecule has 9 heteroatoms. The summed E-state index contributed by atoms with van der Waals surface area (Å²) in [5.74, 6) is 1.32. The number of sulfonamides is 1. The number of rotatable bonds is 9. The summed E-state index contributed by atoms with van der Waals surface area (Å²) < 4.78 is 39.3. The van der Waals surface area contributed by atoms with Crippen molar-refractivity contribution < 1.29 is 23.0 Å². The van der Waals surface area contributed by atoms with Crippen molar-refractivity contribution in [1.29, 1.82) is 0 Å². The highest BCUT2D eigenvalue weighted by molar-refractivity contribution is 7.89. The van der Waals surface area contributed by atoms with Gasteiger partial charge in [-0.1, -0.05) is 6.92 Å². The predicted molar refractivity (Wildman–Crippen MR) is 106 cm³/mol. The minimum Gasteiger partial charge on any atom is -0.493 e. The van der Waals surface area contributed by atoms with Gasteiger partial charge in [-0.05, 0) is 24.6 Å². The van der Waals surface area contributed by atoms with E-state index in [1.165, 1.54) is 4.31 Å². The van der Waals surface area contributed by atoms with Gasteiger partial charge < -0.3 is 19.1 Å². The molecule has 0 spiro atoms. The largest absolute Gasteiger partial charge is 0.493 e. The number of hydrogen-bond donors (Lipinski definition) is 1. The number of nitrogens with zero attached hydrogens (tertiary/aromatic N) is 3. The van der Waals surface area contributed by atoms with E-state index in [1.807, 2.05) is 29.7 Å². The molecule has 0 radical (unpaired) electrons. The smallest absolute Gasteiger partial charge is 0.216 e. The normalized spacial score (nSPS) is 15.6. The van der Waals surface area contributed by atoms with Gasteiger partial charge in [-0.15, -0.1) is 0 Å². The van der Waals surface area contributed by atoms with Gasteiger partial charge >= 0.3 is 0 Å². The number of aryl methyl sites for hydroxylation is 1. The number of morpholine rings is 1. The average Bonchev–Trinajstić information content (AvgIpc) is 3.20. The first-order valence-electron chi connectivity index (χ1n) is 9.49. The van der Waals surface area contributed by atoms with Crippen LogP contribution in [0, 0.1) is 0 Å². The summed E-state index contributed by atoms with van der Waals surface area (Å²) in [6, 6.07) is 5.53. The Morgan fingerprint density at radius 1 is 1.29 bits per heavy atom. The maximum absolute atomic E-state index is 12.6. The number of benzene rings is 1. The Bertz CT molecular complexity index is 875. The number of ether oxygens (including phenoxy) is 2. The fraction of sp³-hybridized carbons (Fsp3) is 0.526. The van der Waals surface area contributed by atoms with Crippen molar-refractivity contribution in [2.45, 2.75) is 26.5 Å². The van der Waals surface area contributed by atoms with E-state index in [-0.39, 0.29) is 12.4 Å². The maximum Gasteiger partial charge on any atom is 0.216 e. The molecule has 1 aliphatic heterocycles. The topological polar surface area (TPSA) is 93.9 Å². The third kappa shape index (κ3) is 4.91. The van der Waals surface area contributed by atoms with Gasteiger partial charge in [0.15, 0.2) is 0 Å². The highest BCUT2D eigenvalue weighted by atomic mass is 32.2. The van der Waals surface area contributed by atoms with Crippen molar-refractivity contribution in [2.24, 2.45) is 0 Å². The summed E-state index contributed by atoms with van der Waals surface area (Å²) in [4.78, 5) is 4.38. The van der Waals surface area contributed by atoms with Crippen molar-refractivity contribution in [2.75, 3.05) is 38.7 Å². The van der Waals surface area contributed by atoms with Crippen LogP contribution in [0.25, 0.3) is 11.4 Å². The van der Waals surface area contributed by atoms with Crippen molar-refractivity contribution in [3.8, 4) is 17.1 Å². The molecule has 0 amide bonds. The zero-order valence-electron chi connectivity index (χ0n) is 16.1. The van der Waals surface area contributed by atoms with Gasteiger partial charge in [0, 0.05) is 43.2 Å². The van der Waals surface area contributed by atoms with Gasteiger partial charge in [-0.25, -0.2) is 13.4 Å². The summed E-state index contributed by atoms with van der Waals surface area (Å²) in [7, 11) is -3.34. The highest BCUT2D eigenvalue weighted by Gasteiger charge is 2.24. The molecule has 1 aromatic heterocycles. The lowest BCUT2D eigenvalue weighted by Gasteiger charge is -2.26. The molecule has 0 saturated carbocycles. The molecule has 1 aliphatic rings. The van der Waals surface area contributed by atoms with Gasteiger partial charge in [-0.2, -0.15) is 4.31 Å². The second kappa shape index (κ2) is 9.51. The van der Waals surface area contributed by atoms with Crippen LogP contribution in [0.2, 0.25) is 0 Å². The molecule has 28 heavy (non-hydrogen) atoms.